The van der Waals surface area contributed by atoms with Crippen molar-refractivity contribution in [2.75, 3.05) is 18.6 Å². The van der Waals surface area contributed by atoms with Gasteiger partial charge in [0.1, 0.15) is 6.04 Å². The summed E-state index contributed by atoms with van der Waals surface area (Å²) < 4.78 is 27.6. The molecule has 0 aliphatic carbocycles. The van der Waals surface area contributed by atoms with E-state index in [4.69, 9.17) is 0 Å². The van der Waals surface area contributed by atoms with E-state index in [9.17, 15) is 13.2 Å². The molecule has 1 atom stereocenters. The minimum absolute atomic E-state index is 0.183. The number of hydrogen-bond donors (Lipinski definition) is 2. The van der Waals surface area contributed by atoms with E-state index in [2.05, 4.69) is 17.0 Å². The first-order valence-corrected chi connectivity index (χ1v) is 11.6. The number of sulfonamides is 1. The molecule has 1 unspecified atom stereocenters. The Morgan fingerprint density at radius 3 is 2.44 bits per heavy atom. The average Bonchev–Trinajstić information content (AvgIpc) is 2.58. The molecular formula is C18H30N2O3S2. The molecule has 7 heteroatoms. The summed E-state index contributed by atoms with van der Waals surface area (Å²) in [5, 5.41) is 2.86. The molecule has 2 N–H and O–H groups in total. The number of nitrogens with one attached hydrogen (secondary N) is 2. The lowest BCUT2D eigenvalue weighted by Crippen LogP contribution is -2.47. The Kier molecular flexibility index (Phi) is 10.2. The molecule has 0 aromatic heterocycles. The van der Waals surface area contributed by atoms with Gasteiger partial charge < -0.3 is 5.32 Å². The fourth-order valence-electron chi connectivity index (χ4n) is 2.34. The number of carbonyl (C=O) groups is 1. The van der Waals surface area contributed by atoms with E-state index in [0.717, 1.165) is 31.2 Å². The molecule has 0 spiro atoms. The number of unbranched alkanes of at least 4 members (excludes halogenated alkanes) is 3. The van der Waals surface area contributed by atoms with Crippen molar-refractivity contribution in [3.8, 4) is 0 Å². The van der Waals surface area contributed by atoms with Gasteiger partial charge >= 0.3 is 0 Å². The van der Waals surface area contributed by atoms with Crippen LogP contribution < -0.4 is 10.0 Å². The number of aryl methyl sites for hydroxylation is 1. The molecule has 0 fully saturated rings. The van der Waals surface area contributed by atoms with Crippen LogP contribution in [0.25, 0.3) is 0 Å². The van der Waals surface area contributed by atoms with E-state index in [1.807, 2.05) is 13.2 Å². The van der Waals surface area contributed by atoms with Crippen molar-refractivity contribution in [1.82, 2.24) is 10.0 Å². The maximum absolute atomic E-state index is 12.5. The Bertz CT molecular complexity index is 616. The molecule has 0 saturated carbocycles. The maximum Gasteiger partial charge on any atom is 0.241 e. The molecular weight excluding hydrogens is 356 g/mol. The Balaban J connectivity index is 2.70. The maximum atomic E-state index is 12.5. The summed E-state index contributed by atoms with van der Waals surface area (Å²) in [6.07, 6.45) is 6.68. The highest BCUT2D eigenvalue weighted by molar-refractivity contribution is 7.98. The monoisotopic (exact) mass is 386 g/mol. The quantitative estimate of drug-likeness (QED) is 0.541. The molecule has 0 aliphatic heterocycles. The van der Waals surface area contributed by atoms with Crippen LogP contribution in [0.4, 0.5) is 0 Å². The second-order valence-electron chi connectivity index (χ2n) is 6.12. The Morgan fingerprint density at radius 1 is 1.16 bits per heavy atom. The van der Waals surface area contributed by atoms with Gasteiger partial charge in [0.25, 0.3) is 0 Å². The molecule has 1 amide bonds. The SMILES string of the molecule is CCCCCCNC(=O)C(CCSC)NS(=O)(=O)c1ccc(C)cc1. The third-order valence-corrected chi connectivity index (χ3v) is 6.02. The molecule has 5 nitrogen and oxygen atoms in total. The summed E-state index contributed by atoms with van der Waals surface area (Å²) in [7, 11) is -3.71. The van der Waals surface area contributed by atoms with Gasteiger partial charge in [-0.2, -0.15) is 16.5 Å². The van der Waals surface area contributed by atoms with Gasteiger partial charge in [0.05, 0.1) is 4.90 Å². The van der Waals surface area contributed by atoms with Crippen molar-refractivity contribution in [3.63, 3.8) is 0 Å². The highest BCUT2D eigenvalue weighted by Gasteiger charge is 2.25. The normalized spacial score (nSPS) is 12.8. The van der Waals surface area contributed by atoms with Gasteiger partial charge in [-0.3, -0.25) is 4.79 Å². The summed E-state index contributed by atoms with van der Waals surface area (Å²) in [6, 6.07) is 5.88. The topological polar surface area (TPSA) is 75.3 Å². The molecule has 1 rings (SSSR count). The van der Waals surface area contributed by atoms with Gasteiger partial charge in [0, 0.05) is 6.54 Å². The molecule has 0 radical (unpaired) electrons. The van der Waals surface area contributed by atoms with Crippen LogP contribution >= 0.6 is 11.8 Å². The largest absolute Gasteiger partial charge is 0.355 e. The summed E-state index contributed by atoms with van der Waals surface area (Å²) in [5.74, 6) is 0.464. The highest BCUT2D eigenvalue weighted by Crippen LogP contribution is 2.12. The van der Waals surface area contributed by atoms with Gasteiger partial charge in [-0.05, 0) is 43.9 Å². The molecule has 0 bridgehead atoms. The summed E-state index contributed by atoms with van der Waals surface area (Å²) in [6.45, 7) is 4.62. The van der Waals surface area contributed by atoms with E-state index in [0.29, 0.717) is 18.7 Å². The summed E-state index contributed by atoms with van der Waals surface area (Å²) in [4.78, 5) is 12.6. The fourth-order valence-corrected chi connectivity index (χ4v) is 4.04. The number of benzene rings is 1. The molecule has 25 heavy (non-hydrogen) atoms. The van der Waals surface area contributed by atoms with E-state index in [-0.39, 0.29) is 10.8 Å². The first-order chi connectivity index (χ1) is 11.9. The molecule has 0 aliphatic rings. The van der Waals surface area contributed by atoms with Crippen molar-refractivity contribution < 1.29 is 13.2 Å². The second kappa shape index (κ2) is 11.5. The van der Waals surface area contributed by atoms with Crippen molar-refractivity contribution in [1.29, 1.82) is 0 Å². The van der Waals surface area contributed by atoms with Crippen LogP contribution in [0.2, 0.25) is 0 Å². The van der Waals surface area contributed by atoms with Gasteiger partial charge in [0.15, 0.2) is 0 Å². The Morgan fingerprint density at radius 2 is 1.84 bits per heavy atom. The summed E-state index contributed by atoms with van der Waals surface area (Å²) in [5.41, 5.74) is 0.989. The number of hydrogen-bond acceptors (Lipinski definition) is 4. The highest BCUT2D eigenvalue weighted by atomic mass is 32.2. The zero-order chi connectivity index (χ0) is 18.7. The van der Waals surface area contributed by atoms with Crippen LogP contribution in [-0.4, -0.2) is 38.9 Å². The van der Waals surface area contributed by atoms with E-state index in [1.165, 1.54) is 0 Å². The van der Waals surface area contributed by atoms with Gasteiger partial charge in [-0.25, -0.2) is 8.42 Å². The van der Waals surface area contributed by atoms with Crippen LogP contribution in [0, 0.1) is 6.92 Å². The van der Waals surface area contributed by atoms with Crippen LogP contribution in [0.15, 0.2) is 29.2 Å². The van der Waals surface area contributed by atoms with Crippen molar-refractivity contribution >= 4 is 27.7 Å². The smallest absolute Gasteiger partial charge is 0.241 e. The lowest BCUT2D eigenvalue weighted by molar-refractivity contribution is -0.122. The van der Waals surface area contributed by atoms with Crippen molar-refractivity contribution in [2.24, 2.45) is 0 Å². The van der Waals surface area contributed by atoms with Crippen LogP contribution in [0.1, 0.15) is 44.6 Å². The number of amides is 1. The third-order valence-electron chi connectivity index (χ3n) is 3.89. The van der Waals surface area contributed by atoms with Gasteiger partial charge in [-0.1, -0.05) is 43.9 Å². The first-order valence-electron chi connectivity index (χ1n) is 8.76. The Labute approximate surface area is 156 Å². The lowest BCUT2D eigenvalue weighted by atomic mass is 10.2. The summed E-state index contributed by atoms with van der Waals surface area (Å²) >= 11 is 1.59. The zero-order valence-electron chi connectivity index (χ0n) is 15.4. The first kappa shape index (κ1) is 22.0. The molecule has 1 aromatic carbocycles. The second-order valence-corrected chi connectivity index (χ2v) is 8.82. The van der Waals surface area contributed by atoms with E-state index < -0.39 is 16.1 Å². The van der Waals surface area contributed by atoms with Crippen molar-refractivity contribution in [2.45, 2.75) is 56.9 Å². The molecule has 142 valence electrons. The van der Waals surface area contributed by atoms with Crippen LogP contribution in [0.5, 0.6) is 0 Å². The number of rotatable bonds is 12. The number of carbonyl (C=O) groups excluding carboxylic acids is 1. The molecule has 0 saturated heterocycles. The standard InChI is InChI=1S/C18H30N2O3S2/c1-4-5-6-7-13-19-18(21)17(12-14-24-3)20-25(22,23)16-10-8-15(2)9-11-16/h8-11,17,20H,4-7,12-14H2,1-3H3,(H,19,21). The average molecular weight is 387 g/mol. The van der Waals surface area contributed by atoms with Crippen LogP contribution in [0.3, 0.4) is 0 Å². The minimum Gasteiger partial charge on any atom is -0.355 e. The van der Waals surface area contributed by atoms with E-state index in [1.54, 1.807) is 36.0 Å². The third kappa shape index (κ3) is 8.25. The van der Waals surface area contributed by atoms with E-state index >= 15 is 0 Å². The van der Waals surface area contributed by atoms with Gasteiger partial charge in [-0.15, -0.1) is 0 Å². The number of thioether (sulfide) groups is 1. The lowest BCUT2D eigenvalue weighted by Gasteiger charge is -2.18. The predicted octanol–water partition coefficient (Wildman–Crippen LogP) is 3.09. The molecule has 1 aromatic rings. The molecule has 0 heterocycles. The Hall–Kier alpha value is -1.05. The van der Waals surface area contributed by atoms with Gasteiger partial charge in [0.2, 0.25) is 15.9 Å². The van der Waals surface area contributed by atoms with Crippen molar-refractivity contribution in [3.05, 3.63) is 29.8 Å². The van der Waals surface area contributed by atoms with Crippen LogP contribution in [-0.2, 0) is 14.8 Å². The zero-order valence-corrected chi connectivity index (χ0v) is 17.0. The predicted molar refractivity (Wildman–Crippen MR) is 105 cm³/mol. The minimum atomic E-state index is -3.71. The fraction of sp³-hybridized carbons (Fsp3) is 0.611.